The van der Waals surface area contributed by atoms with Gasteiger partial charge in [0, 0.05) is 42.3 Å². The first-order valence-electron chi connectivity index (χ1n) is 9.95. The second-order valence-corrected chi connectivity index (χ2v) is 9.86. The fraction of sp³-hybridized carbons (Fsp3) is 0.609. The largest absolute Gasteiger partial charge is 0.507 e. The molecule has 2 rings (SSSR count). The molecular formula is C23H37N3O. The lowest BCUT2D eigenvalue weighted by molar-refractivity contribution is 0.234. The lowest BCUT2D eigenvalue weighted by Gasteiger charge is -2.27. The van der Waals surface area contributed by atoms with E-state index in [4.69, 9.17) is 0 Å². The van der Waals surface area contributed by atoms with E-state index in [1.165, 1.54) is 5.56 Å². The van der Waals surface area contributed by atoms with Crippen LogP contribution in [0.3, 0.4) is 0 Å². The van der Waals surface area contributed by atoms with E-state index >= 15 is 0 Å². The topological polar surface area (TPSA) is 39.1 Å². The Labute approximate surface area is 165 Å². The quantitative estimate of drug-likeness (QED) is 0.751. The average molecular weight is 372 g/mol. The maximum Gasteiger partial charge on any atom is 0.128 e. The van der Waals surface area contributed by atoms with E-state index in [1.807, 2.05) is 6.21 Å². The van der Waals surface area contributed by atoms with Crippen molar-refractivity contribution in [1.82, 2.24) is 9.80 Å². The highest BCUT2D eigenvalue weighted by Gasteiger charge is 2.24. The standard InChI is InChI=1S/C23H37N3O/c1-17(2)26-12-11-25(16-26)10-9-24-15-18-13-19(22(3,4)5)14-20(21(18)27)23(6,7)8/h11-15,17,27H,9-10,16H2,1-8H3. The van der Waals surface area contributed by atoms with Gasteiger partial charge in [0.05, 0.1) is 13.2 Å². The van der Waals surface area contributed by atoms with E-state index in [1.54, 1.807) is 0 Å². The van der Waals surface area contributed by atoms with Gasteiger partial charge in [0.2, 0.25) is 0 Å². The van der Waals surface area contributed by atoms with E-state index in [0.717, 1.165) is 24.3 Å². The summed E-state index contributed by atoms with van der Waals surface area (Å²) >= 11 is 0. The molecule has 0 fully saturated rings. The summed E-state index contributed by atoms with van der Waals surface area (Å²) in [5, 5.41) is 10.8. The Morgan fingerprint density at radius 1 is 1.07 bits per heavy atom. The molecule has 4 heteroatoms. The molecule has 1 aliphatic rings. The molecule has 0 unspecified atom stereocenters. The molecule has 0 atom stereocenters. The molecule has 0 saturated heterocycles. The normalized spacial score (nSPS) is 15.6. The van der Waals surface area contributed by atoms with Gasteiger partial charge in [-0.25, -0.2) is 0 Å². The fourth-order valence-corrected chi connectivity index (χ4v) is 3.07. The van der Waals surface area contributed by atoms with E-state index in [2.05, 4.69) is 94.7 Å². The van der Waals surface area contributed by atoms with E-state index in [9.17, 15) is 5.11 Å². The van der Waals surface area contributed by atoms with Crippen LogP contribution >= 0.6 is 0 Å². The van der Waals surface area contributed by atoms with Crippen molar-refractivity contribution in [3.8, 4) is 5.75 Å². The maximum absolute atomic E-state index is 10.8. The van der Waals surface area contributed by atoms with Crippen LogP contribution in [0.2, 0.25) is 0 Å². The van der Waals surface area contributed by atoms with Crippen LogP contribution in [0.5, 0.6) is 5.75 Å². The Balaban J connectivity index is 2.13. The average Bonchev–Trinajstić information content (AvgIpc) is 2.99. The smallest absolute Gasteiger partial charge is 0.128 e. The first-order valence-corrected chi connectivity index (χ1v) is 9.95. The molecule has 0 aromatic heterocycles. The molecule has 1 aliphatic heterocycles. The lowest BCUT2D eigenvalue weighted by Crippen LogP contribution is -2.31. The molecule has 4 nitrogen and oxygen atoms in total. The number of hydrogen-bond donors (Lipinski definition) is 1. The Hall–Kier alpha value is -1.97. The molecular weight excluding hydrogens is 334 g/mol. The van der Waals surface area contributed by atoms with Crippen LogP contribution in [0.4, 0.5) is 0 Å². The Kier molecular flexibility index (Phi) is 6.28. The van der Waals surface area contributed by atoms with Gasteiger partial charge < -0.3 is 14.9 Å². The molecule has 1 N–H and O–H groups in total. The molecule has 0 spiro atoms. The van der Waals surface area contributed by atoms with Gasteiger partial charge in [0.1, 0.15) is 5.75 Å². The van der Waals surface area contributed by atoms with Crippen molar-refractivity contribution >= 4 is 6.21 Å². The SMILES string of the molecule is CC(C)N1C=CN(CCN=Cc2cc(C(C)(C)C)cc(C(C)(C)C)c2O)C1. The Bertz CT molecular complexity index is 706. The third-order valence-corrected chi connectivity index (χ3v) is 5.04. The maximum atomic E-state index is 10.8. The predicted octanol–water partition coefficient (Wildman–Crippen LogP) is 4.86. The highest BCUT2D eigenvalue weighted by Crippen LogP contribution is 2.37. The van der Waals surface area contributed by atoms with Crippen LogP contribution in [0, 0.1) is 0 Å². The van der Waals surface area contributed by atoms with E-state index in [0.29, 0.717) is 18.3 Å². The third-order valence-electron chi connectivity index (χ3n) is 5.04. The number of hydrogen-bond acceptors (Lipinski definition) is 4. The summed E-state index contributed by atoms with van der Waals surface area (Å²) < 4.78 is 0. The van der Waals surface area contributed by atoms with Crippen LogP contribution < -0.4 is 0 Å². The number of rotatable bonds is 5. The molecule has 0 aliphatic carbocycles. The third kappa shape index (κ3) is 5.50. The summed E-state index contributed by atoms with van der Waals surface area (Å²) in [6.45, 7) is 19.9. The zero-order valence-electron chi connectivity index (χ0n) is 18.4. The summed E-state index contributed by atoms with van der Waals surface area (Å²) in [7, 11) is 0. The zero-order valence-corrected chi connectivity index (χ0v) is 18.4. The highest BCUT2D eigenvalue weighted by molar-refractivity contribution is 5.85. The molecule has 0 amide bonds. The number of aliphatic imine (C=N–C) groups is 1. The van der Waals surface area contributed by atoms with Gasteiger partial charge in [0.15, 0.2) is 0 Å². The number of nitrogens with zero attached hydrogens (tertiary/aromatic N) is 3. The summed E-state index contributed by atoms with van der Waals surface area (Å²) in [5.41, 5.74) is 2.92. The van der Waals surface area contributed by atoms with Crippen LogP contribution in [0.15, 0.2) is 29.5 Å². The van der Waals surface area contributed by atoms with Crippen LogP contribution in [-0.4, -0.2) is 46.9 Å². The molecule has 1 aromatic rings. The summed E-state index contributed by atoms with van der Waals surface area (Å²) in [6, 6.07) is 4.73. The van der Waals surface area contributed by atoms with E-state index < -0.39 is 0 Å². The highest BCUT2D eigenvalue weighted by atomic mass is 16.3. The number of benzene rings is 1. The molecule has 0 bridgehead atoms. The molecule has 0 radical (unpaired) electrons. The van der Waals surface area contributed by atoms with Crippen LogP contribution in [0.1, 0.15) is 72.1 Å². The van der Waals surface area contributed by atoms with Gasteiger partial charge in [-0.3, -0.25) is 4.99 Å². The minimum atomic E-state index is -0.116. The van der Waals surface area contributed by atoms with Gasteiger partial charge >= 0.3 is 0 Å². The molecule has 1 aromatic carbocycles. The monoisotopic (exact) mass is 371 g/mol. The van der Waals surface area contributed by atoms with Crippen molar-refractivity contribution in [2.24, 2.45) is 4.99 Å². The summed E-state index contributed by atoms with van der Waals surface area (Å²) in [4.78, 5) is 9.17. The van der Waals surface area contributed by atoms with Gasteiger partial charge in [-0.2, -0.15) is 0 Å². The van der Waals surface area contributed by atoms with Crippen LogP contribution in [-0.2, 0) is 10.8 Å². The van der Waals surface area contributed by atoms with Gasteiger partial charge in [-0.05, 0) is 36.3 Å². The summed E-state index contributed by atoms with van der Waals surface area (Å²) in [6.07, 6.45) is 6.10. The second-order valence-electron chi connectivity index (χ2n) is 9.86. The van der Waals surface area contributed by atoms with E-state index in [-0.39, 0.29) is 10.8 Å². The molecule has 1 heterocycles. The fourth-order valence-electron chi connectivity index (χ4n) is 3.07. The Morgan fingerprint density at radius 2 is 1.74 bits per heavy atom. The second kappa shape index (κ2) is 7.95. The molecule has 27 heavy (non-hydrogen) atoms. The Morgan fingerprint density at radius 3 is 2.26 bits per heavy atom. The molecule has 0 saturated carbocycles. The van der Waals surface area contributed by atoms with Crippen molar-refractivity contribution in [3.63, 3.8) is 0 Å². The lowest BCUT2D eigenvalue weighted by atomic mass is 9.79. The molecule has 150 valence electrons. The van der Waals surface area contributed by atoms with Crippen molar-refractivity contribution in [3.05, 3.63) is 41.2 Å². The van der Waals surface area contributed by atoms with Gasteiger partial charge in [-0.1, -0.05) is 47.6 Å². The van der Waals surface area contributed by atoms with Gasteiger partial charge in [-0.15, -0.1) is 0 Å². The summed E-state index contributed by atoms with van der Waals surface area (Å²) in [5.74, 6) is 0.353. The van der Waals surface area contributed by atoms with Crippen molar-refractivity contribution in [1.29, 1.82) is 0 Å². The minimum Gasteiger partial charge on any atom is -0.507 e. The first-order chi connectivity index (χ1) is 12.4. The van der Waals surface area contributed by atoms with Crippen molar-refractivity contribution < 1.29 is 5.11 Å². The van der Waals surface area contributed by atoms with Gasteiger partial charge in [0.25, 0.3) is 0 Å². The minimum absolute atomic E-state index is 0.0247. The van der Waals surface area contributed by atoms with Crippen LogP contribution in [0.25, 0.3) is 0 Å². The number of phenols is 1. The number of aromatic hydroxyl groups is 1. The zero-order chi connectivity index (χ0) is 20.4. The predicted molar refractivity (Wildman–Crippen MR) is 116 cm³/mol. The van der Waals surface area contributed by atoms with Crippen molar-refractivity contribution in [2.75, 3.05) is 19.8 Å². The first kappa shape index (κ1) is 21.3. The van der Waals surface area contributed by atoms with Crippen molar-refractivity contribution in [2.45, 2.75) is 72.3 Å². The number of phenolic OH excluding ortho intramolecular Hbond substituents is 1.